The number of para-hydroxylation sites is 1. The Hall–Kier alpha value is -3.36. The normalized spacial score (nSPS) is 12.0. The Morgan fingerprint density at radius 1 is 0.947 bits per heavy atom. The maximum atomic E-state index is 13.9. The van der Waals surface area contributed by atoms with Gasteiger partial charge in [0, 0.05) is 13.1 Å². The van der Waals surface area contributed by atoms with Crippen molar-refractivity contribution in [3.8, 4) is 0 Å². The predicted octanol–water partition coefficient (Wildman–Crippen LogP) is 5.10. The second-order valence-corrected chi connectivity index (χ2v) is 11.5. The first-order valence-electron chi connectivity index (χ1n) is 12.5. The highest BCUT2D eigenvalue weighted by Gasteiger charge is 2.33. The van der Waals surface area contributed by atoms with Crippen molar-refractivity contribution in [3.63, 3.8) is 0 Å². The molecule has 0 saturated heterocycles. The maximum Gasteiger partial charge on any atom is 0.264 e. The molecule has 0 bridgehead atoms. The summed E-state index contributed by atoms with van der Waals surface area (Å²) in [5, 5.41) is 3.02. The Bertz CT molecular complexity index is 1380. The van der Waals surface area contributed by atoms with Gasteiger partial charge in [0.25, 0.3) is 10.0 Å². The van der Waals surface area contributed by atoms with Gasteiger partial charge in [-0.05, 0) is 57.0 Å². The van der Waals surface area contributed by atoms with Gasteiger partial charge in [0.15, 0.2) is 0 Å². The number of rotatable bonds is 11. The highest BCUT2D eigenvalue weighted by molar-refractivity contribution is 7.92. The van der Waals surface area contributed by atoms with E-state index in [4.69, 9.17) is 11.6 Å². The minimum atomic E-state index is -4.16. The van der Waals surface area contributed by atoms with E-state index in [1.165, 1.54) is 17.0 Å². The van der Waals surface area contributed by atoms with Crippen LogP contribution in [0.1, 0.15) is 37.0 Å². The summed E-state index contributed by atoms with van der Waals surface area (Å²) >= 11 is 6.42. The predicted molar refractivity (Wildman–Crippen MR) is 152 cm³/mol. The zero-order chi connectivity index (χ0) is 27.9. The summed E-state index contributed by atoms with van der Waals surface area (Å²) in [4.78, 5) is 28.2. The van der Waals surface area contributed by atoms with Gasteiger partial charge in [-0.1, -0.05) is 78.2 Å². The van der Waals surface area contributed by atoms with Gasteiger partial charge in [-0.15, -0.1) is 0 Å². The number of nitrogens with zero attached hydrogens (tertiary/aromatic N) is 2. The second-order valence-electron chi connectivity index (χ2n) is 9.25. The van der Waals surface area contributed by atoms with Crippen LogP contribution < -0.4 is 9.62 Å². The van der Waals surface area contributed by atoms with Gasteiger partial charge >= 0.3 is 0 Å². The lowest BCUT2D eigenvalue weighted by molar-refractivity contribution is -0.139. The molecule has 0 aliphatic carbocycles. The fraction of sp³-hybridized carbons (Fsp3) is 0.310. The number of halogens is 1. The molecule has 202 valence electrons. The zero-order valence-electron chi connectivity index (χ0n) is 22.1. The quantitative estimate of drug-likeness (QED) is 0.357. The summed E-state index contributed by atoms with van der Waals surface area (Å²) in [6.45, 7) is 7.48. The number of benzene rings is 3. The van der Waals surface area contributed by atoms with E-state index in [1.54, 1.807) is 43.3 Å². The summed E-state index contributed by atoms with van der Waals surface area (Å²) in [5.41, 5.74) is 2.93. The van der Waals surface area contributed by atoms with Gasteiger partial charge < -0.3 is 10.2 Å². The number of carbonyl (C=O) groups excluding carboxylic acids is 2. The highest BCUT2D eigenvalue weighted by Crippen LogP contribution is 2.31. The third-order valence-electron chi connectivity index (χ3n) is 6.16. The molecule has 3 aromatic carbocycles. The van der Waals surface area contributed by atoms with E-state index in [-0.39, 0.29) is 28.1 Å². The van der Waals surface area contributed by atoms with Crippen LogP contribution in [0.15, 0.2) is 77.7 Å². The average molecular weight is 556 g/mol. The van der Waals surface area contributed by atoms with Crippen molar-refractivity contribution < 1.29 is 18.0 Å². The number of sulfonamides is 1. The number of hydrogen-bond donors (Lipinski definition) is 1. The topological polar surface area (TPSA) is 86.8 Å². The van der Waals surface area contributed by atoms with Crippen LogP contribution in [0.3, 0.4) is 0 Å². The largest absolute Gasteiger partial charge is 0.354 e. The fourth-order valence-electron chi connectivity index (χ4n) is 3.99. The molecule has 0 fully saturated rings. The zero-order valence-corrected chi connectivity index (χ0v) is 23.7. The Morgan fingerprint density at radius 3 is 2.26 bits per heavy atom. The lowest BCUT2D eigenvalue weighted by Crippen LogP contribution is -2.51. The van der Waals surface area contributed by atoms with Crippen LogP contribution in [0.4, 0.5) is 5.69 Å². The molecule has 0 radical (unpaired) electrons. The van der Waals surface area contributed by atoms with Gasteiger partial charge in [0.2, 0.25) is 11.8 Å². The van der Waals surface area contributed by atoms with E-state index < -0.39 is 28.5 Å². The Kier molecular flexibility index (Phi) is 9.94. The van der Waals surface area contributed by atoms with Gasteiger partial charge in [-0.25, -0.2) is 8.42 Å². The van der Waals surface area contributed by atoms with Crippen molar-refractivity contribution in [1.29, 1.82) is 0 Å². The minimum Gasteiger partial charge on any atom is -0.354 e. The molecular weight excluding hydrogens is 522 g/mol. The number of nitrogens with one attached hydrogen (secondary N) is 1. The SMILES string of the molecule is CCCNC(=O)[C@H](C)N(Cc1cccc(C)c1)C(=O)CN(c1ccccc1Cl)S(=O)(=O)c1ccc(C)cc1. The number of hydrogen-bond acceptors (Lipinski definition) is 4. The maximum absolute atomic E-state index is 13.9. The minimum absolute atomic E-state index is 0.0368. The van der Waals surface area contributed by atoms with Crippen molar-refractivity contribution in [2.24, 2.45) is 0 Å². The Balaban J connectivity index is 2.03. The smallest absolute Gasteiger partial charge is 0.264 e. The van der Waals surface area contributed by atoms with E-state index in [1.807, 2.05) is 45.0 Å². The van der Waals surface area contributed by atoms with E-state index >= 15 is 0 Å². The molecule has 0 spiro atoms. The van der Waals surface area contributed by atoms with E-state index in [2.05, 4.69) is 5.32 Å². The molecule has 3 rings (SSSR count). The molecule has 0 saturated carbocycles. The van der Waals surface area contributed by atoms with Crippen LogP contribution >= 0.6 is 11.6 Å². The monoisotopic (exact) mass is 555 g/mol. The molecule has 0 unspecified atom stereocenters. The van der Waals surface area contributed by atoms with Crippen molar-refractivity contribution in [2.75, 3.05) is 17.4 Å². The van der Waals surface area contributed by atoms with Gasteiger partial charge in [-0.2, -0.15) is 0 Å². The molecule has 7 nitrogen and oxygen atoms in total. The van der Waals surface area contributed by atoms with Crippen LogP contribution in [-0.4, -0.2) is 44.3 Å². The molecule has 1 N–H and O–H groups in total. The number of amides is 2. The van der Waals surface area contributed by atoms with Crippen molar-refractivity contribution in [1.82, 2.24) is 10.2 Å². The summed E-state index contributed by atoms with van der Waals surface area (Å²) < 4.78 is 28.7. The third kappa shape index (κ3) is 7.14. The molecular formula is C29H34ClN3O4S. The number of carbonyl (C=O) groups is 2. The number of anilines is 1. The molecule has 2 amide bonds. The van der Waals surface area contributed by atoms with Gasteiger partial charge in [-0.3, -0.25) is 13.9 Å². The average Bonchev–Trinajstić information content (AvgIpc) is 2.89. The molecule has 38 heavy (non-hydrogen) atoms. The second kappa shape index (κ2) is 12.9. The molecule has 0 aliphatic heterocycles. The summed E-state index contributed by atoms with van der Waals surface area (Å²) in [6, 6.07) is 19.7. The van der Waals surface area contributed by atoms with Crippen LogP contribution in [0.5, 0.6) is 0 Å². The third-order valence-corrected chi connectivity index (χ3v) is 8.25. The lowest BCUT2D eigenvalue weighted by Gasteiger charge is -2.32. The number of aryl methyl sites for hydroxylation is 2. The first kappa shape index (κ1) is 29.2. The highest BCUT2D eigenvalue weighted by atomic mass is 35.5. The first-order chi connectivity index (χ1) is 18.0. The molecule has 3 aromatic rings. The summed E-state index contributed by atoms with van der Waals surface area (Å²) in [6.07, 6.45) is 0.749. The standard InChI is InChI=1S/C29H34ClN3O4S/c1-5-17-31-29(35)23(4)32(19-24-10-8-9-22(3)18-24)28(34)20-33(27-12-7-6-11-26(27)30)38(36,37)25-15-13-21(2)14-16-25/h6-16,18,23H,5,17,19-20H2,1-4H3,(H,31,35)/t23-/m0/s1. The van der Waals surface area contributed by atoms with Crippen molar-refractivity contribution >= 4 is 39.1 Å². The molecule has 1 atom stereocenters. The van der Waals surface area contributed by atoms with E-state index in [9.17, 15) is 18.0 Å². The Morgan fingerprint density at radius 2 is 1.63 bits per heavy atom. The van der Waals surface area contributed by atoms with Gasteiger partial charge in [0.1, 0.15) is 12.6 Å². The Labute approximate surface area is 230 Å². The van der Waals surface area contributed by atoms with Crippen LogP contribution in [0.25, 0.3) is 0 Å². The molecule has 0 aliphatic rings. The van der Waals surface area contributed by atoms with Crippen LogP contribution in [0, 0.1) is 13.8 Å². The van der Waals surface area contributed by atoms with Crippen LogP contribution in [-0.2, 0) is 26.2 Å². The van der Waals surface area contributed by atoms with Gasteiger partial charge in [0.05, 0.1) is 15.6 Å². The molecule has 0 heterocycles. The fourth-order valence-corrected chi connectivity index (χ4v) is 5.71. The lowest BCUT2D eigenvalue weighted by atomic mass is 10.1. The van der Waals surface area contributed by atoms with Crippen molar-refractivity contribution in [2.45, 2.75) is 51.6 Å². The first-order valence-corrected chi connectivity index (χ1v) is 14.3. The molecule has 0 aromatic heterocycles. The summed E-state index contributed by atoms with van der Waals surface area (Å²) in [5.74, 6) is -0.834. The molecule has 9 heteroatoms. The van der Waals surface area contributed by atoms with Crippen molar-refractivity contribution in [3.05, 3.63) is 94.5 Å². The van der Waals surface area contributed by atoms with Crippen LogP contribution in [0.2, 0.25) is 5.02 Å². The van der Waals surface area contributed by atoms with E-state index in [0.29, 0.717) is 6.54 Å². The van der Waals surface area contributed by atoms with E-state index in [0.717, 1.165) is 27.4 Å². The summed E-state index contributed by atoms with van der Waals surface area (Å²) in [7, 11) is -4.16.